The molecule has 4 aromatic rings. The van der Waals surface area contributed by atoms with E-state index in [1.165, 1.54) is 0 Å². The molecular formula is C21H15F3N4O. The van der Waals surface area contributed by atoms with Gasteiger partial charge in [-0.1, -0.05) is 60.7 Å². The molecule has 8 heteroatoms. The first-order chi connectivity index (χ1) is 13.9. The maximum absolute atomic E-state index is 13.6. The van der Waals surface area contributed by atoms with Gasteiger partial charge in [0.2, 0.25) is 0 Å². The predicted octanol–water partition coefficient (Wildman–Crippen LogP) is 4.35. The number of benzene rings is 2. The molecule has 2 heterocycles. The Morgan fingerprint density at radius 3 is 2.31 bits per heavy atom. The van der Waals surface area contributed by atoms with Crippen LogP contribution in [-0.2, 0) is 12.7 Å². The number of nitrogens with one attached hydrogen (secondary N) is 1. The monoisotopic (exact) mass is 396 g/mol. The van der Waals surface area contributed by atoms with Crippen molar-refractivity contribution in [2.24, 2.45) is 0 Å². The first-order valence-electron chi connectivity index (χ1n) is 8.77. The summed E-state index contributed by atoms with van der Waals surface area (Å²) in [6.45, 7) is 0.238. The number of fused-ring (bicyclic) bond motifs is 1. The first kappa shape index (κ1) is 18.7. The Balaban J connectivity index is 1.76. The van der Waals surface area contributed by atoms with Gasteiger partial charge >= 0.3 is 6.18 Å². The van der Waals surface area contributed by atoms with Gasteiger partial charge in [0.25, 0.3) is 5.91 Å². The van der Waals surface area contributed by atoms with Crippen molar-refractivity contribution in [3.05, 3.63) is 89.7 Å². The molecule has 0 spiro atoms. The molecule has 2 aromatic carbocycles. The average molecular weight is 396 g/mol. The number of halogens is 3. The van der Waals surface area contributed by atoms with Crippen molar-refractivity contribution in [1.82, 2.24) is 19.9 Å². The van der Waals surface area contributed by atoms with Crippen molar-refractivity contribution in [2.75, 3.05) is 0 Å². The molecule has 0 radical (unpaired) electrons. The zero-order chi connectivity index (χ0) is 20.4. The number of alkyl halides is 3. The third-order valence-electron chi connectivity index (χ3n) is 4.37. The largest absolute Gasteiger partial charge is 0.433 e. The molecule has 0 aliphatic heterocycles. The zero-order valence-corrected chi connectivity index (χ0v) is 15.0. The maximum atomic E-state index is 13.6. The third kappa shape index (κ3) is 3.82. The molecule has 0 saturated heterocycles. The molecule has 0 bridgehead atoms. The van der Waals surface area contributed by atoms with Gasteiger partial charge in [-0.05, 0) is 11.6 Å². The van der Waals surface area contributed by atoms with E-state index >= 15 is 0 Å². The highest BCUT2D eigenvalue weighted by Gasteiger charge is 2.36. The Hall–Kier alpha value is -3.68. The fraction of sp³-hybridized carbons (Fsp3) is 0.0952. The van der Waals surface area contributed by atoms with E-state index in [9.17, 15) is 18.0 Å². The van der Waals surface area contributed by atoms with Gasteiger partial charge in [-0.3, -0.25) is 4.79 Å². The average Bonchev–Trinajstić information content (AvgIpc) is 3.16. The molecule has 0 unspecified atom stereocenters. The highest BCUT2D eigenvalue weighted by molar-refractivity contribution is 5.99. The van der Waals surface area contributed by atoms with E-state index < -0.39 is 17.8 Å². The van der Waals surface area contributed by atoms with E-state index in [1.807, 2.05) is 30.3 Å². The lowest BCUT2D eigenvalue weighted by Crippen LogP contribution is -2.23. The highest BCUT2D eigenvalue weighted by Crippen LogP contribution is 2.32. The molecule has 29 heavy (non-hydrogen) atoms. The lowest BCUT2D eigenvalue weighted by Gasteiger charge is -2.11. The second-order valence-electron chi connectivity index (χ2n) is 6.35. The Morgan fingerprint density at radius 2 is 1.66 bits per heavy atom. The Labute approximate surface area is 163 Å². The summed E-state index contributed by atoms with van der Waals surface area (Å²) in [5, 5.41) is 6.47. The summed E-state index contributed by atoms with van der Waals surface area (Å²) in [6.07, 6.45) is -3.55. The summed E-state index contributed by atoms with van der Waals surface area (Å²) >= 11 is 0. The summed E-state index contributed by atoms with van der Waals surface area (Å²) in [5.41, 5.74) is 0.323. The summed E-state index contributed by atoms with van der Waals surface area (Å²) in [4.78, 5) is 16.9. The van der Waals surface area contributed by atoms with Crippen molar-refractivity contribution in [3.63, 3.8) is 0 Å². The Morgan fingerprint density at radius 1 is 1.00 bits per heavy atom. The van der Waals surface area contributed by atoms with Crippen LogP contribution in [0.5, 0.6) is 0 Å². The topological polar surface area (TPSA) is 59.3 Å². The minimum absolute atomic E-state index is 0.0239. The number of carbonyl (C=O) groups is 1. The molecule has 0 atom stereocenters. The normalized spacial score (nSPS) is 11.6. The number of hydrogen-bond donors (Lipinski definition) is 1. The summed E-state index contributed by atoms with van der Waals surface area (Å²) in [7, 11) is 0. The number of aromatic nitrogens is 3. The SMILES string of the molecule is O=C(NCc1ccccc1)c1cnn2c(C(F)(F)F)cc(-c3ccccc3)nc12. The van der Waals surface area contributed by atoms with Crippen LogP contribution in [-0.4, -0.2) is 20.5 Å². The van der Waals surface area contributed by atoms with Crippen LogP contribution < -0.4 is 5.32 Å². The van der Waals surface area contributed by atoms with Crippen molar-refractivity contribution in [2.45, 2.75) is 12.7 Å². The van der Waals surface area contributed by atoms with E-state index in [2.05, 4.69) is 15.4 Å². The summed E-state index contributed by atoms with van der Waals surface area (Å²) in [6, 6.07) is 18.6. The smallest absolute Gasteiger partial charge is 0.348 e. The zero-order valence-electron chi connectivity index (χ0n) is 15.0. The third-order valence-corrected chi connectivity index (χ3v) is 4.37. The number of amides is 1. The lowest BCUT2D eigenvalue weighted by atomic mass is 10.1. The van der Waals surface area contributed by atoms with Crippen LogP contribution in [0.3, 0.4) is 0 Å². The maximum Gasteiger partial charge on any atom is 0.433 e. The van der Waals surface area contributed by atoms with Crippen molar-refractivity contribution < 1.29 is 18.0 Å². The van der Waals surface area contributed by atoms with E-state index in [0.717, 1.165) is 17.8 Å². The van der Waals surface area contributed by atoms with Gasteiger partial charge in [0.05, 0.1) is 11.9 Å². The van der Waals surface area contributed by atoms with Crippen molar-refractivity contribution in [3.8, 4) is 11.3 Å². The van der Waals surface area contributed by atoms with Crippen LogP contribution in [0.2, 0.25) is 0 Å². The molecule has 5 nitrogen and oxygen atoms in total. The second-order valence-corrected chi connectivity index (χ2v) is 6.35. The molecule has 1 amide bonds. The summed E-state index contributed by atoms with van der Waals surface area (Å²) < 4.78 is 41.5. The molecule has 0 fully saturated rings. The fourth-order valence-corrected chi connectivity index (χ4v) is 2.96. The Bertz CT molecular complexity index is 1160. The van der Waals surface area contributed by atoms with Gasteiger partial charge in [0.15, 0.2) is 11.3 Å². The molecule has 2 aromatic heterocycles. The highest BCUT2D eigenvalue weighted by atomic mass is 19.4. The van der Waals surface area contributed by atoms with E-state index in [4.69, 9.17) is 0 Å². The number of nitrogens with zero attached hydrogens (tertiary/aromatic N) is 3. The molecule has 0 aliphatic rings. The number of hydrogen-bond acceptors (Lipinski definition) is 3. The lowest BCUT2D eigenvalue weighted by molar-refractivity contribution is -0.142. The molecule has 1 N–H and O–H groups in total. The summed E-state index contributed by atoms with van der Waals surface area (Å²) in [5.74, 6) is -0.547. The van der Waals surface area contributed by atoms with Crippen molar-refractivity contribution >= 4 is 11.6 Å². The van der Waals surface area contributed by atoms with Crippen LogP contribution in [0.1, 0.15) is 21.6 Å². The predicted molar refractivity (Wildman–Crippen MR) is 101 cm³/mol. The van der Waals surface area contributed by atoms with Gasteiger partial charge in [-0.15, -0.1) is 0 Å². The second kappa shape index (κ2) is 7.38. The van der Waals surface area contributed by atoms with Crippen LogP contribution in [0.25, 0.3) is 16.9 Å². The van der Waals surface area contributed by atoms with Gasteiger partial charge in [-0.2, -0.15) is 18.3 Å². The van der Waals surface area contributed by atoms with Gasteiger partial charge in [0, 0.05) is 12.1 Å². The molecule has 4 rings (SSSR count). The van der Waals surface area contributed by atoms with Crippen LogP contribution in [0, 0.1) is 0 Å². The number of rotatable bonds is 4. The van der Waals surface area contributed by atoms with E-state index in [-0.39, 0.29) is 23.4 Å². The van der Waals surface area contributed by atoms with Crippen molar-refractivity contribution in [1.29, 1.82) is 0 Å². The molecular weight excluding hydrogens is 381 g/mol. The Kier molecular flexibility index (Phi) is 4.75. The fourth-order valence-electron chi connectivity index (χ4n) is 2.96. The van der Waals surface area contributed by atoms with E-state index in [0.29, 0.717) is 10.1 Å². The van der Waals surface area contributed by atoms with Gasteiger partial charge < -0.3 is 5.32 Å². The van der Waals surface area contributed by atoms with Crippen LogP contribution in [0.4, 0.5) is 13.2 Å². The van der Waals surface area contributed by atoms with Crippen LogP contribution in [0.15, 0.2) is 72.9 Å². The quantitative estimate of drug-likeness (QED) is 0.558. The first-order valence-corrected chi connectivity index (χ1v) is 8.77. The van der Waals surface area contributed by atoms with E-state index in [1.54, 1.807) is 30.3 Å². The van der Waals surface area contributed by atoms with Crippen LogP contribution >= 0.6 is 0 Å². The standard InChI is InChI=1S/C21H15F3N4O/c22-21(23,24)18-11-17(15-9-5-2-6-10-15)27-19-16(13-26-28(18)19)20(29)25-12-14-7-3-1-4-8-14/h1-11,13H,12H2,(H,25,29). The molecule has 146 valence electrons. The molecule has 0 aliphatic carbocycles. The molecule has 0 saturated carbocycles. The van der Waals surface area contributed by atoms with Gasteiger partial charge in [0.1, 0.15) is 5.56 Å². The minimum Gasteiger partial charge on any atom is -0.348 e. The van der Waals surface area contributed by atoms with Gasteiger partial charge in [-0.25, -0.2) is 9.50 Å². The number of carbonyl (C=O) groups excluding carboxylic acids is 1. The minimum atomic E-state index is -4.66.